The molecule has 1 aliphatic carbocycles. The van der Waals surface area contributed by atoms with Gasteiger partial charge in [-0.3, -0.25) is 4.79 Å². The van der Waals surface area contributed by atoms with E-state index in [9.17, 15) is 9.90 Å². The average molecular weight is 362 g/mol. The molecule has 1 heterocycles. The quantitative estimate of drug-likeness (QED) is 0.460. The number of thioether (sulfide) groups is 1. The Balaban J connectivity index is 0.000000606. The van der Waals surface area contributed by atoms with E-state index < -0.39 is 10.7 Å². The Hall–Kier alpha value is 0.449. The fraction of sp³-hybridized carbons (Fsp3) is 0.545. The summed E-state index contributed by atoms with van der Waals surface area (Å²) in [5.41, 5.74) is 0.995. The van der Waals surface area contributed by atoms with Crippen LogP contribution in [0.2, 0.25) is 4.94 Å². The summed E-state index contributed by atoms with van der Waals surface area (Å²) in [7, 11) is 0. The molecule has 0 bridgehead atoms. The van der Waals surface area contributed by atoms with Gasteiger partial charge in [0.1, 0.15) is 0 Å². The van der Waals surface area contributed by atoms with Crippen LogP contribution in [0.5, 0.6) is 0 Å². The molecule has 5 heteroatoms. The molecule has 0 saturated carbocycles. The van der Waals surface area contributed by atoms with Gasteiger partial charge in [0.15, 0.2) is 4.75 Å². The second-order valence-corrected chi connectivity index (χ2v) is 5.83. The Labute approximate surface area is 119 Å². The van der Waals surface area contributed by atoms with Crippen LogP contribution in [0.15, 0.2) is 23.8 Å². The van der Waals surface area contributed by atoms with Gasteiger partial charge in [-0.2, -0.15) is 12.6 Å². The first-order valence-electron chi connectivity index (χ1n) is 5.00. The molecule has 2 nitrogen and oxygen atoms in total. The molecule has 1 fully saturated rings. The van der Waals surface area contributed by atoms with E-state index in [0.29, 0.717) is 5.75 Å². The van der Waals surface area contributed by atoms with Crippen LogP contribution in [0.25, 0.3) is 0 Å². The van der Waals surface area contributed by atoms with E-state index >= 15 is 0 Å². The summed E-state index contributed by atoms with van der Waals surface area (Å²) < 4.78 is -0.920. The zero-order chi connectivity index (χ0) is 12.4. The molecule has 0 aromatic carbocycles. The minimum atomic E-state index is -0.720. The van der Waals surface area contributed by atoms with Crippen LogP contribution in [-0.4, -0.2) is 48.8 Å². The fourth-order valence-electron chi connectivity index (χ4n) is 2.07. The van der Waals surface area contributed by atoms with E-state index in [2.05, 4.69) is 17.6 Å². The molecule has 1 saturated heterocycles. The molecule has 0 amide bonds. The Bertz CT molecular complexity index is 354. The number of hydrogen-bond donors (Lipinski definition) is 2. The summed E-state index contributed by atoms with van der Waals surface area (Å²) in [5, 5.41) is 9.28. The zero-order valence-electron chi connectivity index (χ0n) is 9.36. The van der Waals surface area contributed by atoms with Gasteiger partial charge < -0.3 is 5.11 Å². The molecule has 3 radical (unpaired) electrons. The fourth-order valence-corrected chi connectivity index (χ4v) is 3.71. The van der Waals surface area contributed by atoms with Crippen LogP contribution in [-0.2, 0) is 4.79 Å². The summed E-state index contributed by atoms with van der Waals surface area (Å²) >= 11 is 7.22. The Morgan fingerprint density at radius 3 is 2.75 bits per heavy atom. The topological polar surface area (TPSA) is 37.3 Å². The second-order valence-electron chi connectivity index (χ2n) is 3.72. The van der Waals surface area contributed by atoms with Crippen molar-refractivity contribution in [2.75, 3.05) is 5.75 Å². The molecule has 16 heavy (non-hydrogen) atoms. The second kappa shape index (κ2) is 5.40. The third-order valence-corrected chi connectivity index (χ3v) is 4.92. The van der Waals surface area contributed by atoms with Gasteiger partial charge in [-0.1, -0.05) is 18.2 Å². The Kier molecular flexibility index (Phi) is 4.89. The van der Waals surface area contributed by atoms with Crippen molar-refractivity contribution in [1.29, 1.82) is 0 Å². The molecule has 2 unspecified atom stereocenters. The van der Waals surface area contributed by atoms with Crippen molar-refractivity contribution < 1.29 is 9.90 Å². The predicted octanol–water partition coefficient (Wildman–Crippen LogP) is 2.33. The van der Waals surface area contributed by atoms with Crippen LogP contribution < -0.4 is 0 Å². The van der Waals surface area contributed by atoms with E-state index in [0.717, 1.165) is 12.0 Å². The van der Waals surface area contributed by atoms with Gasteiger partial charge in [0.2, 0.25) is 0 Å². The number of thiol groups is 1. The molecule has 2 rings (SSSR count). The number of aliphatic carboxylic acids is 1. The summed E-state index contributed by atoms with van der Waals surface area (Å²) in [6.45, 7) is 1.98. The van der Waals surface area contributed by atoms with Gasteiger partial charge in [0.05, 0.1) is 4.75 Å². The van der Waals surface area contributed by atoms with Gasteiger partial charge >= 0.3 is 33.4 Å². The average Bonchev–Trinajstić information content (AvgIpc) is 2.91. The molecule has 1 N–H and O–H groups in total. The molecule has 2 atom stereocenters. The number of hydrogen-bond acceptors (Lipinski definition) is 3. The number of rotatable bonds is 3. The third-order valence-electron chi connectivity index (χ3n) is 2.87. The Morgan fingerprint density at radius 2 is 2.25 bits per heavy atom. The van der Waals surface area contributed by atoms with Crippen molar-refractivity contribution in [1.82, 2.24) is 0 Å². The van der Waals surface area contributed by atoms with Crippen LogP contribution in [0, 0.1) is 0 Å². The Morgan fingerprint density at radius 1 is 1.62 bits per heavy atom. The predicted molar refractivity (Wildman–Crippen MR) is 73.7 cm³/mol. The van der Waals surface area contributed by atoms with Gasteiger partial charge in [0, 0.05) is 0 Å². The van der Waals surface area contributed by atoms with E-state index in [1.807, 2.05) is 25.2 Å². The number of fused-ring (bicyclic) bond motifs is 1. The molecule has 0 aromatic heterocycles. The minimum absolute atomic E-state index is 0.230. The summed E-state index contributed by atoms with van der Waals surface area (Å²) in [6.07, 6.45) is 6.61. The van der Waals surface area contributed by atoms with Gasteiger partial charge in [-0.15, -0.1) is 11.8 Å². The number of carboxylic acid groups (broad SMARTS) is 1. The van der Waals surface area contributed by atoms with Crippen molar-refractivity contribution >= 4 is 52.9 Å². The van der Waals surface area contributed by atoms with Crippen molar-refractivity contribution in [2.24, 2.45) is 0 Å². The maximum absolute atomic E-state index is 11.3. The molecule has 0 spiro atoms. The molecule has 87 valence electrons. The van der Waals surface area contributed by atoms with Crippen molar-refractivity contribution in [2.45, 2.75) is 27.8 Å². The summed E-state index contributed by atoms with van der Waals surface area (Å²) in [6, 6.07) is 0. The number of allylic oxidation sites excluding steroid dienone is 2. The number of carbonyl (C=O) groups is 1. The molecular formula is C11H15O2S2Sn. The normalized spacial score (nSPS) is 34.4. The van der Waals surface area contributed by atoms with Gasteiger partial charge in [-0.25, -0.2) is 0 Å². The van der Waals surface area contributed by atoms with Gasteiger partial charge in [-0.05, 0) is 24.7 Å². The van der Waals surface area contributed by atoms with E-state index in [-0.39, 0.29) is 4.75 Å². The zero-order valence-corrected chi connectivity index (χ0v) is 13.9. The summed E-state index contributed by atoms with van der Waals surface area (Å²) in [5.74, 6) is -0.0203. The first-order valence-corrected chi connectivity index (χ1v) is 9.30. The first-order chi connectivity index (χ1) is 7.57. The molecule has 1 aliphatic heterocycles. The van der Waals surface area contributed by atoms with Crippen molar-refractivity contribution in [3.8, 4) is 0 Å². The molecular weight excluding hydrogens is 347 g/mol. The van der Waals surface area contributed by atoms with Crippen LogP contribution >= 0.6 is 24.4 Å². The maximum atomic E-state index is 11.3. The monoisotopic (exact) mass is 363 g/mol. The van der Waals surface area contributed by atoms with Crippen LogP contribution in [0.1, 0.15) is 13.3 Å². The SMILES string of the molecule is CC12C=CC=C(CCS)C1(C(=O)O)S2.[CH3][Sn]. The van der Waals surface area contributed by atoms with Crippen LogP contribution in [0.4, 0.5) is 0 Å². The molecule has 0 aromatic rings. The van der Waals surface area contributed by atoms with E-state index in [4.69, 9.17) is 0 Å². The summed E-state index contributed by atoms with van der Waals surface area (Å²) in [4.78, 5) is 13.4. The third kappa shape index (κ3) is 2.08. The standard InChI is InChI=1S/C10H12O2S2.CH3.Sn/c1-9-5-2-3-7(4-6-13)10(9,14-9)8(11)12;;/h2-3,5,13H,4,6H2,1H3,(H,11,12);1H3;. The van der Waals surface area contributed by atoms with Crippen LogP contribution in [0.3, 0.4) is 0 Å². The van der Waals surface area contributed by atoms with Crippen molar-refractivity contribution in [3.63, 3.8) is 0 Å². The molecule has 2 aliphatic rings. The van der Waals surface area contributed by atoms with Crippen molar-refractivity contribution in [3.05, 3.63) is 23.8 Å². The first kappa shape index (κ1) is 14.5. The number of carboxylic acids is 1. The van der Waals surface area contributed by atoms with Gasteiger partial charge in [0.25, 0.3) is 0 Å². The van der Waals surface area contributed by atoms with E-state index in [1.54, 1.807) is 22.5 Å². The van der Waals surface area contributed by atoms with E-state index in [1.165, 1.54) is 11.8 Å².